The fourth-order valence-corrected chi connectivity index (χ4v) is 3.65. The summed E-state index contributed by atoms with van der Waals surface area (Å²) in [5, 5.41) is 3.24. The third-order valence-corrected chi connectivity index (χ3v) is 5.35. The molecule has 22 heavy (non-hydrogen) atoms. The summed E-state index contributed by atoms with van der Waals surface area (Å²) in [6, 6.07) is 5.82. The lowest BCUT2D eigenvalue weighted by Gasteiger charge is -2.19. The van der Waals surface area contributed by atoms with Crippen molar-refractivity contribution in [2.75, 3.05) is 17.6 Å². The zero-order valence-corrected chi connectivity index (χ0v) is 13.7. The number of fused-ring (bicyclic) bond motifs is 1. The SMILES string of the molecule is CC(C)(C)c1ccc(-c2cnc3c(c2)NCCS3(=O)=O)cn1. The molecule has 0 amide bonds. The van der Waals surface area contributed by atoms with Crippen LogP contribution in [0.2, 0.25) is 0 Å². The summed E-state index contributed by atoms with van der Waals surface area (Å²) in [6.07, 6.45) is 3.40. The summed E-state index contributed by atoms with van der Waals surface area (Å²) in [5.74, 6) is 0.0915. The second kappa shape index (κ2) is 5.05. The summed E-state index contributed by atoms with van der Waals surface area (Å²) in [6.45, 7) is 6.76. The standard InChI is InChI=1S/C16H19N3O2S/c1-16(2,3)14-5-4-11(9-18-14)12-8-13-15(19-10-12)22(20,21)7-6-17-13/h4-5,8-10,17H,6-7H2,1-3H3. The van der Waals surface area contributed by atoms with Crippen molar-refractivity contribution in [3.8, 4) is 11.1 Å². The van der Waals surface area contributed by atoms with Crippen LogP contribution in [0.25, 0.3) is 11.1 Å². The number of hydrogen-bond acceptors (Lipinski definition) is 5. The zero-order chi connectivity index (χ0) is 16.0. The highest BCUT2D eigenvalue weighted by molar-refractivity contribution is 7.91. The van der Waals surface area contributed by atoms with Gasteiger partial charge >= 0.3 is 0 Å². The van der Waals surface area contributed by atoms with E-state index in [2.05, 4.69) is 36.1 Å². The molecule has 3 rings (SSSR count). The van der Waals surface area contributed by atoms with E-state index < -0.39 is 9.84 Å². The van der Waals surface area contributed by atoms with Gasteiger partial charge in [-0.2, -0.15) is 0 Å². The maximum Gasteiger partial charge on any atom is 0.199 e. The number of hydrogen-bond donors (Lipinski definition) is 1. The van der Waals surface area contributed by atoms with Crippen LogP contribution in [0.1, 0.15) is 26.5 Å². The minimum Gasteiger partial charge on any atom is -0.382 e. The quantitative estimate of drug-likeness (QED) is 0.875. The van der Waals surface area contributed by atoms with Gasteiger partial charge in [0.05, 0.1) is 11.4 Å². The lowest BCUT2D eigenvalue weighted by molar-refractivity contribution is 0.569. The van der Waals surface area contributed by atoms with Gasteiger partial charge in [0.15, 0.2) is 14.9 Å². The maximum atomic E-state index is 12.0. The molecular formula is C16H19N3O2S. The van der Waals surface area contributed by atoms with E-state index in [4.69, 9.17) is 0 Å². The average molecular weight is 317 g/mol. The van der Waals surface area contributed by atoms with Gasteiger partial charge in [0.1, 0.15) is 0 Å². The molecule has 0 unspecified atom stereocenters. The number of pyridine rings is 2. The summed E-state index contributed by atoms with van der Waals surface area (Å²) in [5.41, 5.74) is 3.37. The van der Waals surface area contributed by atoms with E-state index in [9.17, 15) is 8.42 Å². The molecule has 6 heteroatoms. The van der Waals surface area contributed by atoms with E-state index in [1.807, 2.05) is 18.2 Å². The van der Waals surface area contributed by atoms with E-state index in [1.165, 1.54) is 0 Å². The zero-order valence-electron chi connectivity index (χ0n) is 12.9. The van der Waals surface area contributed by atoms with E-state index in [-0.39, 0.29) is 16.2 Å². The molecule has 1 aliphatic heterocycles. The monoisotopic (exact) mass is 317 g/mol. The van der Waals surface area contributed by atoms with Crippen molar-refractivity contribution in [3.05, 3.63) is 36.3 Å². The number of nitrogens with zero attached hydrogens (tertiary/aromatic N) is 2. The molecule has 5 nitrogen and oxygen atoms in total. The Balaban J connectivity index is 2.00. The van der Waals surface area contributed by atoms with Crippen LogP contribution in [-0.4, -0.2) is 30.7 Å². The van der Waals surface area contributed by atoms with Crippen LogP contribution in [-0.2, 0) is 15.3 Å². The summed E-state index contributed by atoms with van der Waals surface area (Å²) >= 11 is 0. The number of aromatic nitrogens is 2. The molecule has 0 bridgehead atoms. The third kappa shape index (κ3) is 2.70. The first kappa shape index (κ1) is 15.0. The van der Waals surface area contributed by atoms with Gasteiger partial charge in [-0.15, -0.1) is 0 Å². The molecule has 3 heterocycles. The molecule has 2 aromatic heterocycles. The molecule has 1 aliphatic rings. The molecule has 1 N–H and O–H groups in total. The highest BCUT2D eigenvalue weighted by atomic mass is 32.2. The van der Waals surface area contributed by atoms with E-state index in [0.29, 0.717) is 12.2 Å². The third-order valence-electron chi connectivity index (χ3n) is 3.70. The molecule has 0 fully saturated rings. The first-order chi connectivity index (χ1) is 10.3. The van der Waals surface area contributed by atoms with Crippen LogP contribution in [0.15, 0.2) is 35.6 Å². The van der Waals surface area contributed by atoms with E-state index in [0.717, 1.165) is 16.8 Å². The average Bonchev–Trinajstić information content (AvgIpc) is 2.46. The first-order valence-corrected chi connectivity index (χ1v) is 8.86. The summed E-state index contributed by atoms with van der Waals surface area (Å²) < 4.78 is 23.9. The van der Waals surface area contributed by atoms with Gasteiger partial charge in [0.25, 0.3) is 0 Å². The van der Waals surface area contributed by atoms with Crippen molar-refractivity contribution in [2.45, 2.75) is 31.2 Å². The van der Waals surface area contributed by atoms with Crippen molar-refractivity contribution < 1.29 is 8.42 Å². The van der Waals surface area contributed by atoms with Crippen LogP contribution in [0.3, 0.4) is 0 Å². The van der Waals surface area contributed by atoms with Gasteiger partial charge in [-0.1, -0.05) is 26.8 Å². The van der Waals surface area contributed by atoms with Crippen molar-refractivity contribution in [2.24, 2.45) is 0 Å². The Morgan fingerprint density at radius 2 is 1.82 bits per heavy atom. The maximum absolute atomic E-state index is 12.0. The van der Waals surface area contributed by atoms with Gasteiger partial charge in [-0.25, -0.2) is 13.4 Å². The number of anilines is 1. The number of sulfone groups is 1. The van der Waals surface area contributed by atoms with Gasteiger partial charge in [0, 0.05) is 41.2 Å². The van der Waals surface area contributed by atoms with Crippen LogP contribution in [0, 0.1) is 0 Å². The van der Waals surface area contributed by atoms with Crippen LogP contribution < -0.4 is 5.32 Å². The second-order valence-corrected chi connectivity index (χ2v) is 8.53. The van der Waals surface area contributed by atoms with Crippen molar-refractivity contribution in [1.29, 1.82) is 0 Å². The molecule has 0 aromatic carbocycles. The van der Waals surface area contributed by atoms with Crippen LogP contribution >= 0.6 is 0 Å². The molecule has 0 atom stereocenters. The molecule has 0 radical (unpaired) electrons. The number of rotatable bonds is 1. The van der Waals surface area contributed by atoms with E-state index >= 15 is 0 Å². The highest BCUT2D eigenvalue weighted by Crippen LogP contribution is 2.29. The lowest BCUT2D eigenvalue weighted by atomic mass is 9.91. The molecule has 2 aromatic rings. The molecule has 0 saturated heterocycles. The van der Waals surface area contributed by atoms with Crippen molar-refractivity contribution >= 4 is 15.5 Å². The van der Waals surface area contributed by atoms with Crippen LogP contribution in [0.4, 0.5) is 5.69 Å². The van der Waals surface area contributed by atoms with Crippen LogP contribution in [0.5, 0.6) is 0 Å². The predicted octanol–water partition coefficient (Wildman–Crippen LogP) is 2.64. The number of nitrogens with one attached hydrogen (secondary N) is 1. The first-order valence-electron chi connectivity index (χ1n) is 7.21. The summed E-state index contributed by atoms with van der Waals surface area (Å²) in [4.78, 5) is 8.64. The van der Waals surface area contributed by atoms with Gasteiger partial charge in [-0.3, -0.25) is 4.98 Å². The topological polar surface area (TPSA) is 72.0 Å². The molecule has 116 valence electrons. The fourth-order valence-electron chi connectivity index (χ4n) is 2.41. The molecule has 0 spiro atoms. The second-order valence-electron chi connectivity index (χ2n) is 6.50. The van der Waals surface area contributed by atoms with Crippen molar-refractivity contribution in [1.82, 2.24) is 9.97 Å². The van der Waals surface area contributed by atoms with Gasteiger partial charge in [0.2, 0.25) is 0 Å². The Hall–Kier alpha value is -1.95. The Labute approximate surface area is 130 Å². The highest BCUT2D eigenvalue weighted by Gasteiger charge is 2.25. The van der Waals surface area contributed by atoms with Gasteiger partial charge in [-0.05, 0) is 12.1 Å². The fraction of sp³-hybridized carbons (Fsp3) is 0.375. The van der Waals surface area contributed by atoms with Crippen molar-refractivity contribution in [3.63, 3.8) is 0 Å². The Morgan fingerprint density at radius 1 is 1.09 bits per heavy atom. The van der Waals surface area contributed by atoms with E-state index in [1.54, 1.807) is 12.4 Å². The Kier molecular flexibility index (Phi) is 3.44. The molecular weight excluding hydrogens is 298 g/mol. The lowest BCUT2D eigenvalue weighted by Crippen LogP contribution is -2.24. The summed E-state index contributed by atoms with van der Waals surface area (Å²) in [7, 11) is -3.26. The normalized spacial score (nSPS) is 16.7. The van der Waals surface area contributed by atoms with Gasteiger partial charge < -0.3 is 5.32 Å². The minimum atomic E-state index is -3.26. The Bertz CT molecular complexity index is 806. The molecule has 0 aliphatic carbocycles. The smallest absolute Gasteiger partial charge is 0.199 e. The molecule has 0 saturated carbocycles. The minimum absolute atomic E-state index is 0.00225. The predicted molar refractivity (Wildman–Crippen MR) is 86.7 cm³/mol. The largest absolute Gasteiger partial charge is 0.382 e. The Morgan fingerprint density at radius 3 is 2.45 bits per heavy atom.